The third-order valence-electron chi connectivity index (χ3n) is 6.01. The summed E-state index contributed by atoms with van der Waals surface area (Å²) in [5.41, 5.74) is 2.74. The maximum Gasteiger partial charge on any atom is 0.269 e. The Labute approximate surface area is 177 Å². The summed E-state index contributed by atoms with van der Waals surface area (Å²) in [5, 5.41) is 0. The minimum atomic E-state index is -1.13. The number of anilines is 1. The van der Waals surface area contributed by atoms with Gasteiger partial charge in [-0.25, -0.2) is 0 Å². The number of benzene rings is 1. The monoisotopic (exact) mass is 427 g/mol. The predicted octanol–water partition coefficient (Wildman–Crippen LogP) is 3.95. The molecule has 3 aliphatic heterocycles. The van der Waals surface area contributed by atoms with Crippen LogP contribution in [0.25, 0.3) is 0 Å². The van der Waals surface area contributed by atoms with E-state index in [1.807, 2.05) is 47.4 Å². The van der Waals surface area contributed by atoms with Gasteiger partial charge in [0.15, 0.2) is 5.60 Å². The molecule has 3 unspecified atom stereocenters. The first-order valence-electron chi connectivity index (χ1n) is 9.63. The molecular weight excluding hydrogens is 410 g/mol. The lowest BCUT2D eigenvalue weighted by Crippen LogP contribution is -2.46. The van der Waals surface area contributed by atoms with E-state index in [4.69, 9.17) is 25.8 Å². The van der Waals surface area contributed by atoms with Crippen molar-refractivity contribution < 1.29 is 19.0 Å². The van der Waals surface area contributed by atoms with Crippen LogP contribution in [0.4, 0.5) is 5.69 Å². The van der Waals surface area contributed by atoms with Crippen molar-refractivity contribution in [1.82, 2.24) is 0 Å². The Balaban J connectivity index is 1.50. The van der Waals surface area contributed by atoms with Crippen LogP contribution in [0.2, 0.25) is 4.34 Å². The third kappa shape index (κ3) is 2.54. The number of hydrogen-bond donors (Lipinski definition) is 0. The smallest absolute Gasteiger partial charge is 0.269 e. The Morgan fingerprint density at radius 1 is 1.21 bits per heavy atom. The average Bonchev–Trinajstić information content (AvgIpc) is 3.43. The SMILES string of the molecule is O=C1N(Cc2ccc(Cl)s2)c2cccc3c2C1(C1=CC2OCOC2C=C1)OCC3. The van der Waals surface area contributed by atoms with Crippen LogP contribution in [0.1, 0.15) is 16.0 Å². The number of carbonyl (C=O) groups excluding carboxylic acids is 1. The van der Waals surface area contributed by atoms with E-state index in [-0.39, 0.29) is 24.9 Å². The quantitative estimate of drug-likeness (QED) is 0.744. The van der Waals surface area contributed by atoms with E-state index < -0.39 is 5.60 Å². The normalized spacial score (nSPS) is 29.8. The Morgan fingerprint density at radius 2 is 2.10 bits per heavy atom. The summed E-state index contributed by atoms with van der Waals surface area (Å²) in [6, 6.07) is 9.96. The summed E-state index contributed by atoms with van der Waals surface area (Å²) in [5.74, 6) is -0.0579. The number of nitrogens with zero attached hydrogens (tertiary/aromatic N) is 1. The molecule has 1 amide bonds. The molecule has 4 aliphatic rings. The molecule has 1 aromatic carbocycles. The van der Waals surface area contributed by atoms with Gasteiger partial charge in [0.1, 0.15) is 19.0 Å². The summed E-state index contributed by atoms with van der Waals surface area (Å²) < 4.78 is 18.3. The van der Waals surface area contributed by atoms with Crippen molar-refractivity contribution >= 4 is 34.5 Å². The first-order valence-corrected chi connectivity index (χ1v) is 10.8. The lowest BCUT2D eigenvalue weighted by Gasteiger charge is -2.36. The molecule has 6 rings (SSSR count). The predicted molar refractivity (Wildman–Crippen MR) is 110 cm³/mol. The highest BCUT2D eigenvalue weighted by Gasteiger charge is 2.57. The maximum atomic E-state index is 13.9. The van der Waals surface area contributed by atoms with Crippen LogP contribution < -0.4 is 4.90 Å². The zero-order valence-corrected chi connectivity index (χ0v) is 17.0. The zero-order valence-electron chi connectivity index (χ0n) is 15.5. The second kappa shape index (κ2) is 6.52. The summed E-state index contributed by atoms with van der Waals surface area (Å²) in [4.78, 5) is 16.8. The number of hydrogen-bond acceptors (Lipinski definition) is 5. The van der Waals surface area contributed by atoms with Crippen molar-refractivity contribution in [3.8, 4) is 0 Å². The van der Waals surface area contributed by atoms with E-state index in [0.29, 0.717) is 13.2 Å². The number of rotatable bonds is 3. The number of fused-ring (bicyclic) bond motifs is 1. The molecule has 0 saturated carbocycles. The van der Waals surface area contributed by atoms with E-state index in [1.54, 1.807) is 0 Å². The summed E-state index contributed by atoms with van der Waals surface area (Å²) in [6.07, 6.45) is 6.42. The topological polar surface area (TPSA) is 48.0 Å². The van der Waals surface area contributed by atoms with Gasteiger partial charge in [0.2, 0.25) is 0 Å². The van der Waals surface area contributed by atoms with Gasteiger partial charge in [0.25, 0.3) is 5.91 Å². The Bertz CT molecular complexity index is 1080. The van der Waals surface area contributed by atoms with Crippen molar-refractivity contribution in [2.24, 2.45) is 0 Å². The van der Waals surface area contributed by atoms with E-state index >= 15 is 0 Å². The third-order valence-corrected chi connectivity index (χ3v) is 7.23. The van der Waals surface area contributed by atoms with E-state index in [9.17, 15) is 4.79 Å². The number of thiophene rings is 1. The maximum absolute atomic E-state index is 13.9. The fourth-order valence-corrected chi connectivity index (χ4v) is 5.82. The van der Waals surface area contributed by atoms with Crippen LogP contribution in [-0.2, 0) is 37.6 Å². The zero-order chi connectivity index (χ0) is 19.6. The van der Waals surface area contributed by atoms with Crippen molar-refractivity contribution in [2.75, 3.05) is 18.3 Å². The van der Waals surface area contributed by atoms with Gasteiger partial charge in [-0.2, -0.15) is 0 Å². The van der Waals surface area contributed by atoms with Crippen LogP contribution in [-0.4, -0.2) is 31.5 Å². The molecule has 1 aromatic heterocycles. The summed E-state index contributed by atoms with van der Waals surface area (Å²) in [7, 11) is 0. The average molecular weight is 428 g/mol. The highest BCUT2D eigenvalue weighted by atomic mass is 35.5. The molecule has 0 N–H and O–H groups in total. The summed E-state index contributed by atoms with van der Waals surface area (Å²) >= 11 is 7.61. The van der Waals surface area contributed by atoms with Crippen molar-refractivity contribution in [3.05, 3.63) is 74.5 Å². The molecule has 2 aromatic rings. The fraction of sp³-hybridized carbons (Fsp3) is 0.318. The lowest BCUT2D eigenvalue weighted by atomic mass is 9.79. The van der Waals surface area contributed by atoms with Gasteiger partial charge in [0, 0.05) is 10.4 Å². The van der Waals surface area contributed by atoms with Gasteiger partial charge in [0.05, 0.1) is 23.2 Å². The van der Waals surface area contributed by atoms with Crippen LogP contribution in [0.5, 0.6) is 0 Å². The number of amides is 1. The molecule has 0 radical (unpaired) electrons. The highest BCUT2D eigenvalue weighted by Crippen LogP contribution is 2.52. The van der Waals surface area contributed by atoms with Crippen LogP contribution >= 0.6 is 22.9 Å². The molecule has 4 heterocycles. The van der Waals surface area contributed by atoms with Gasteiger partial charge in [-0.3, -0.25) is 4.79 Å². The van der Waals surface area contributed by atoms with Crippen molar-refractivity contribution in [3.63, 3.8) is 0 Å². The first kappa shape index (κ1) is 17.9. The van der Waals surface area contributed by atoms with Gasteiger partial charge in [-0.1, -0.05) is 35.9 Å². The van der Waals surface area contributed by atoms with Gasteiger partial charge in [-0.15, -0.1) is 11.3 Å². The molecule has 148 valence electrons. The minimum Gasteiger partial charge on any atom is -0.355 e. The van der Waals surface area contributed by atoms with Crippen LogP contribution in [0, 0.1) is 0 Å². The largest absolute Gasteiger partial charge is 0.355 e. The molecule has 1 aliphatic carbocycles. The lowest BCUT2D eigenvalue weighted by molar-refractivity contribution is -0.139. The molecular formula is C22H18ClNO4S. The molecule has 7 heteroatoms. The molecule has 1 fully saturated rings. The van der Waals surface area contributed by atoms with Gasteiger partial charge in [-0.05, 0) is 41.8 Å². The molecule has 0 spiro atoms. The Morgan fingerprint density at radius 3 is 2.97 bits per heavy atom. The second-order valence-corrected chi connectivity index (χ2v) is 9.35. The standard InChI is InChI=1S/C22H18ClNO4S/c23-19-7-5-15(29-19)11-24-16-3-1-2-13-8-9-28-22(20(13)16,21(24)25)14-4-6-17-18(10-14)27-12-26-17/h1-7,10,17-18H,8-9,11-12H2. The van der Waals surface area contributed by atoms with Crippen molar-refractivity contribution in [2.45, 2.75) is 30.8 Å². The fourth-order valence-electron chi connectivity index (χ4n) is 4.74. The Hall–Kier alpha value is -1.96. The number of ether oxygens (including phenoxy) is 3. The second-order valence-electron chi connectivity index (χ2n) is 7.55. The van der Waals surface area contributed by atoms with E-state index in [1.165, 1.54) is 11.3 Å². The molecule has 29 heavy (non-hydrogen) atoms. The van der Waals surface area contributed by atoms with Crippen LogP contribution in [0.3, 0.4) is 0 Å². The van der Waals surface area contributed by atoms with Gasteiger partial charge < -0.3 is 19.1 Å². The molecule has 1 saturated heterocycles. The molecule has 5 nitrogen and oxygen atoms in total. The number of carbonyl (C=O) groups is 1. The van der Waals surface area contributed by atoms with Crippen molar-refractivity contribution in [1.29, 1.82) is 0 Å². The first-order chi connectivity index (χ1) is 14.2. The molecule has 0 bridgehead atoms. The van der Waals surface area contributed by atoms with E-state index in [0.717, 1.165) is 38.0 Å². The summed E-state index contributed by atoms with van der Waals surface area (Å²) in [6.45, 7) is 1.23. The number of halogens is 1. The minimum absolute atomic E-state index is 0.0579. The highest BCUT2D eigenvalue weighted by molar-refractivity contribution is 7.16. The van der Waals surface area contributed by atoms with Gasteiger partial charge >= 0.3 is 0 Å². The van der Waals surface area contributed by atoms with Crippen LogP contribution in [0.15, 0.2) is 54.1 Å². The molecule has 3 atom stereocenters. The van der Waals surface area contributed by atoms with E-state index in [2.05, 4.69) is 6.07 Å². The Kier molecular flexibility index (Phi) is 4.02.